The lowest BCUT2D eigenvalue weighted by Crippen LogP contribution is -2.24. The summed E-state index contributed by atoms with van der Waals surface area (Å²) in [6.45, 7) is 4.54. The second-order valence-corrected chi connectivity index (χ2v) is 6.07. The monoisotopic (exact) mass is 260 g/mol. The summed E-state index contributed by atoms with van der Waals surface area (Å²) in [5.41, 5.74) is 3.86. The Hall–Kier alpha value is -2.32. The average Bonchev–Trinajstić information content (AvgIpc) is 2.77. The summed E-state index contributed by atoms with van der Waals surface area (Å²) in [6.07, 6.45) is 13.9. The molecule has 0 heterocycles. The first-order chi connectivity index (χ1) is 9.59. The third-order valence-corrected chi connectivity index (χ3v) is 4.71. The van der Waals surface area contributed by atoms with E-state index in [4.69, 9.17) is 0 Å². The SMILES string of the molecule is CC1(C)C2=C(CC=C2)[C@@H]2C=C[C@H]1C=CC2=C(C#N)C#N. The van der Waals surface area contributed by atoms with Crippen LogP contribution in [-0.2, 0) is 0 Å². The van der Waals surface area contributed by atoms with Crippen LogP contribution in [0.2, 0.25) is 0 Å². The Morgan fingerprint density at radius 1 is 1.15 bits per heavy atom. The van der Waals surface area contributed by atoms with Crippen molar-refractivity contribution in [2.45, 2.75) is 20.3 Å². The minimum atomic E-state index is 0.0645. The fraction of sp³-hybridized carbons (Fsp3) is 0.333. The van der Waals surface area contributed by atoms with E-state index in [-0.39, 0.29) is 16.9 Å². The van der Waals surface area contributed by atoms with Gasteiger partial charge in [0, 0.05) is 11.8 Å². The molecule has 98 valence electrons. The molecule has 2 heteroatoms. The summed E-state index contributed by atoms with van der Waals surface area (Å²) in [5, 5.41) is 18.4. The predicted octanol–water partition coefficient (Wildman–Crippen LogP) is 3.98. The van der Waals surface area contributed by atoms with E-state index in [1.165, 1.54) is 11.1 Å². The van der Waals surface area contributed by atoms with Gasteiger partial charge in [0.1, 0.15) is 17.7 Å². The zero-order valence-corrected chi connectivity index (χ0v) is 11.7. The summed E-state index contributed by atoms with van der Waals surface area (Å²) in [5.74, 6) is 0.369. The molecule has 2 nitrogen and oxygen atoms in total. The molecule has 0 N–H and O–H groups in total. The van der Waals surface area contributed by atoms with Crippen LogP contribution in [0, 0.1) is 39.9 Å². The number of nitriles is 2. The number of hydrogen-bond donors (Lipinski definition) is 0. The topological polar surface area (TPSA) is 47.6 Å². The van der Waals surface area contributed by atoms with Crippen molar-refractivity contribution in [3.05, 3.63) is 58.7 Å². The Kier molecular flexibility index (Phi) is 2.77. The molecule has 0 fully saturated rings. The van der Waals surface area contributed by atoms with Crippen molar-refractivity contribution in [2.24, 2.45) is 17.3 Å². The summed E-state index contributed by atoms with van der Waals surface area (Å²) in [6, 6.07) is 4.09. The Labute approximate surface area is 119 Å². The standard InChI is InChI=1S/C18H16N2/c1-18(2)13-6-8-14(12(10-19)11-20)15(9-7-13)16-4-3-5-17(16)18/h3,5-9,13,15H,4H2,1-2H3/t13-,15-/m1/s1. The first kappa shape index (κ1) is 12.7. The van der Waals surface area contributed by atoms with Gasteiger partial charge in [0.05, 0.1) is 0 Å². The van der Waals surface area contributed by atoms with Gasteiger partial charge in [0.25, 0.3) is 0 Å². The van der Waals surface area contributed by atoms with Crippen molar-refractivity contribution in [3.63, 3.8) is 0 Å². The van der Waals surface area contributed by atoms with Gasteiger partial charge in [-0.3, -0.25) is 0 Å². The molecule has 0 radical (unpaired) electrons. The number of nitrogens with zero attached hydrogens (tertiary/aromatic N) is 2. The van der Waals surface area contributed by atoms with E-state index in [2.05, 4.69) is 44.2 Å². The van der Waals surface area contributed by atoms with Crippen LogP contribution in [-0.4, -0.2) is 0 Å². The number of hydrogen-bond acceptors (Lipinski definition) is 2. The molecule has 0 aliphatic heterocycles. The average molecular weight is 260 g/mol. The van der Waals surface area contributed by atoms with Gasteiger partial charge < -0.3 is 0 Å². The highest BCUT2D eigenvalue weighted by molar-refractivity contribution is 5.56. The highest BCUT2D eigenvalue weighted by Gasteiger charge is 2.38. The van der Waals surface area contributed by atoms with E-state index in [1.807, 2.05) is 18.2 Å². The van der Waals surface area contributed by atoms with Gasteiger partial charge in [-0.1, -0.05) is 55.9 Å². The Bertz CT molecular complexity index is 681. The summed E-state index contributed by atoms with van der Waals surface area (Å²) in [4.78, 5) is 0. The summed E-state index contributed by atoms with van der Waals surface area (Å²) in [7, 11) is 0. The molecule has 0 spiro atoms. The molecule has 2 bridgehead atoms. The minimum Gasteiger partial charge on any atom is -0.192 e. The van der Waals surface area contributed by atoms with E-state index >= 15 is 0 Å². The van der Waals surface area contributed by atoms with Gasteiger partial charge >= 0.3 is 0 Å². The molecule has 0 unspecified atom stereocenters. The zero-order chi connectivity index (χ0) is 14.3. The van der Waals surface area contributed by atoms with Gasteiger partial charge in [-0.05, 0) is 23.0 Å². The molecule has 2 atom stereocenters. The fourth-order valence-corrected chi connectivity index (χ4v) is 3.51. The molecule has 3 aliphatic carbocycles. The van der Waals surface area contributed by atoms with Gasteiger partial charge in [-0.25, -0.2) is 0 Å². The molecule has 0 aromatic heterocycles. The van der Waals surface area contributed by atoms with E-state index in [0.717, 1.165) is 12.0 Å². The molecule has 0 saturated heterocycles. The molecular weight excluding hydrogens is 244 g/mol. The third kappa shape index (κ3) is 1.62. The fourth-order valence-electron chi connectivity index (χ4n) is 3.51. The quantitative estimate of drug-likeness (QED) is 0.488. The number of rotatable bonds is 0. The van der Waals surface area contributed by atoms with E-state index < -0.39 is 0 Å². The molecule has 3 rings (SSSR count). The third-order valence-electron chi connectivity index (χ3n) is 4.71. The van der Waals surface area contributed by atoms with Crippen molar-refractivity contribution in [1.82, 2.24) is 0 Å². The lowest BCUT2D eigenvalue weighted by Gasteiger charge is -2.33. The van der Waals surface area contributed by atoms with Crippen molar-refractivity contribution >= 4 is 0 Å². The first-order valence-corrected chi connectivity index (χ1v) is 6.90. The van der Waals surface area contributed by atoms with Crippen LogP contribution in [0.3, 0.4) is 0 Å². The van der Waals surface area contributed by atoms with Crippen LogP contribution in [0.15, 0.2) is 58.7 Å². The van der Waals surface area contributed by atoms with Gasteiger partial charge in [0.2, 0.25) is 0 Å². The number of fused-ring (bicyclic) bond motifs is 3. The summed E-state index contributed by atoms with van der Waals surface area (Å²) >= 11 is 0. The van der Waals surface area contributed by atoms with Crippen molar-refractivity contribution < 1.29 is 0 Å². The molecule has 0 amide bonds. The Balaban J connectivity index is 2.27. The molecule has 20 heavy (non-hydrogen) atoms. The zero-order valence-electron chi connectivity index (χ0n) is 11.7. The number of allylic oxidation sites excluding steroid dienone is 10. The molecule has 0 saturated carbocycles. The predicted molar refractivity (Wildman–Crippen MR) is 78.1 cm³/mol. The molecule has 0 aromatic rings. The van der Waals surface area contributed by atoms with Crippen LogP contribution in [0.25, 0.3) is 0 Å². The van der Waals surface area contributed by atoms with Gasteiger partial charge in [-0.2, -0.15) is 10.5 Å². The maximum Gasteiger partial charge on any atom is 0.133 e. The Morgan fingerprint density at radius 3 is 2.60 bits per heavy atom. The molecule has 3 aliphatic rings. The second kappa shape index (κ2) is 4.36. The van der Waals surface area contributed by atoms with Crippen LogP contribution < -0.4 is 0 Å². The van der Waals surface area contributed by atoms with Crippen molar-refractivity contribution in [2.75, 3.05) is 0 Å². The van der Waals surface area contributed by atoms with E-state index in [9.17, 15) is 10.5 Å². The first-order valence-electron chi connectivity index (χ1n) is 6.90. The highest BCUT2D eigenvalue weighted by atomic mass is 14.4. The van der Waals surface area contributed by atoms with E-state index in [0.29, 0.717) is 5.92 Å². The van der Waals surface area contributed by atoms with Crippen LogP contribution >= 0.6 is 0 Å². The largest absolute Gasteiger partial charge is 0.192 e. The van der Waals surface area contributed by atoms with Crippen LogP contribution in [0.4, 0.5) is 0 Å². The summed E-state index contributed by atoms with van der Waals surface area (Å²) < 4.78 is 0. The van der Waals surface area contributed by atoms with E-state index in [1.54, 1.807) is 0 Å². The molecule has 0 aromatic carbocycles. The van der Waals surface area contributed by atoms with Crippen LogP contribution in [0.5, 0.6) is 0 Å². The molecular formula is C18H16N2. The maximum absolute atomic E-state index is 9.19. The lowest BCUT2D eigenvalue weighted by atomic mass is 9.70. The highest BCUT2D eigenvalue weighted by Crippen LogP contribution is 2.50. The van der Waals surface area contributed by atoms with Gasteiger partial charge in [0.15, 0.2) is 0 Å². The van der Waals surface area contributed by atoms with Crippen molar-refractivity contribution in [1.29, 1.82) is 10.5 Å². The normalized spacial score (nSPS) is 28.7. The second-order valence-electron chi connectivity index (χ2n) is 6.07. The minimum absolute atomic E-state index is 0.0645. The van der Waals surface area contributed by atoms with Gasteiger partial charge in [-0.15, -0.1) is 0 Å². The lowest BCUT2D eigenvalue weighted by molar-refractivity contribution is 0.381. The maximum atomic E-state index is 9.19. The smallest absolute Gasteiger partial charge is 0.133 e. The van der Waals surface area contributed by atoms with Crippen molar-refractivity contribution in [3.8, 4) is 12.1 Å². The Morgan fingerprint density at radius 2 is 1.90 bits per heavy atom. The van der Waals surface area contributed by atoms with Crippen LogP contribution in [0.1, 0.15) is 20.3 Å².